The number of carbonyl (C=O) groups is 1. The molecule has 1 aliphatic rings. The summed E-state index contributed by atoms with van der Waals surface area (Å²) in [5.74, 6) is -2.38. The SMILES string of the molecule is CN(CC1(O)CCCC1)C(=O)c1cc(F)cc(N)c1F. The Labute approximate surface area is 116 Å². The lowest BCUT2D eigenvalue weighted by Crippen LogP contribution is -2.42. The van der Waals surface area contributed by atoms with E-state index in [1.165, 1.54) is 11.9 Å². The molecule has 1 saturated carbocycles. The average Bonchev–Trinajstić information content (AvgIpc) is 2.79. The molecule has 1 fully saturated rings. The van der Waals surface area contributed by atoms with Gasteiger partial charge in [-0.2, -0.15) is 0 Å². The largest absolute Gasteiger partial charge is 0.396 e. The number of amides is 1. The van der Waals surface area contributed by atoms with Crippen molar-refractivity contribution in [2.75, 3.05) is 19.3 Å². The summed E-state index contributed by atoms with van der Waals surface area (Å²) in [6.07, 6.45) is 3.02. The first-order chi connectivity index (χ1) is 9.32. The number of hydrogen-bond donors (Lipinski definition) is 2. The normalized spacial score (nSPS) is 17.2. The number of benzene rings is 1. The highest BCUT2D eigenvalue weighted by Crippen LogP contribution is 2.30. The molecule has 0 spiro atoms. The second-order valence-electron chi connectivity index (χ2n) is 5.45. The van der Waals surface area contributed by atoms with Gasteiger partial charge in [0.1, 0.15) is 5.82 Å². The zero-order valence-electron chi connectivity index (χ0n) is 11.3. The molecule has 20 heavy (non-hydrogen) atoms. The molecule has 110 valence electrons. The molecule has 0 heterocycles. The number of aliphatic hydroxyl groups is 1. The van der Waals surface area contributed by atoms with Gasteiger partial charge >= 0.3 is 0 Å². The first-order valence-corrected chi connectivity index (χ1v) is 6.55. The molecule has 0 bridgehead atoms. The van der Waals surface area contributed by atoms with E-state index in [2.05, 4.69) is 0 Å². The molecular formula is C14H18F2N2O2. The van der Waals surface area contributed by atoms with Gasteiger partial charge in [-0.3, -0.25) is 4.79 Å². The zero-order chi connectivity index (χ0) is 14.9. The zero-order valence-corrected chi connectivity index (χ0v) is 11.3. The first kappa shape index (κ1) is 14.7. The van der Waals surface area contributed by atoms with Crippen LogP contribution in [-0.4, -0.2) is 35.1 Å². The van der Waals surface area contributed by atoms with Gasteiger partial charge in [0.25, 0.3) is 5.91 Å². The molecule has 0 saturated heterocycles. The maximum Gasteiger partial charge on any atom is 0.256 e. The van der Waals surface area contributed by atoms with Crippen LogP contribution in [0.25, 0.3) is 0 Å². The van der Waals surface area contributed by atoms with E-state index in [0.29, 0.717) is 12.8 Å². The van der Waals surface area contributed by atoms with Gasteiger partial charge in [0.15, 0.2) is 5.82 Å². The van der Waals surface area contributed by atoms with Crippen LogP contribution < -0.4 is 5.73 Å². The van der Waals surface area contributed by atoms with E-state index < -0.39 is 34.4 Å². The molecular weight excluding hydrogens is 266 g/mol. The number of halogens is 2. The van der Waals surface area contributed by atoms with Gasteiger partial charge < -0.3 is 15.7 Å². The highest BCUT2D eigenvalue weighted by molar-refractivity contribution is 5.95. The Balaban J connectivity index is 2.18. The summed E-state index contributed by atoms with van der Waals surface area (Å²) in [5, 5.41) is 10.2. The van der Waals surface area contributed by atoms with Crippen LogP contribution in [-0.2, 0) is 0 Å². The van der Waals surface area contributed by atoms with Crippen LogP contribution in [0.15, 0.2) is 12.1 Å². The third kappa shape index (κ3) is 2.90. The summed E-state index contributed by atoms with van der Waals surface area (Å²) >= 11 is 0. The van der Waals surface area contributed by atoms with Crippen molar-refractivity contribution in [3.63, 3.8) is 0 Å². The summed E-state index contributed by atoms with van der Waals surface area (Å²) in [7, 11) is 1.46. The molecule has 6 heteroatoms. The standard InChI is InChI=1S/C14H18F2N2O2/c1-18(8-14(20)4-2-3-5-14)13(19)10-6-9(15)7-11(17)12(10)16/h6-7,20H,2-5,8,17H2,1H3. The van der Waals surface area contributed by atoms with Crippen LogP contribution in [0, 0.1) is 11.6 Å². The fourth-order valence-corrected chi connectivity index (χ4v) is 2.68. The smallest absolute Gasteiger partial charge is 0.256 e. The Morgan fingerprint density at radius 1 is 1.40 bits per heavy atom. The second kappa shape index (κ2) is 5.36. The predicted molar refractivity (Wildman–Crippen MR) is 71.1 cm³/mol. The maximum absolute atomic E-state index is 13.8. The lowest BCUT2D eigenvalue weighted by atomic mass is 10.0. The minimum Gasteiger partial charge on any atom is -0.396 e. The average molecular weight is 284 g/mol. The molecule has 0 unspecified atom stereocenters. The highest BCUT2D eigenvalue weighted by Gasteiger charge is 2.34. The van der Waals surface area contributed by atoms with Gasteiger partial charge in [0.2, 0.25) is 0 Å². The molecule has 0 radical (unpaired) electrons. The third-order valence-electron chi connectivity index (χ3n) is 3.71. The van der Waals surface area contributed by atoms with Crippen molar-refractivity contribution >= 4 is 11.6 Å². The van der Waals surface area contributed by atoms with Crippen LogP contribution in [0.3, 0.4) is 0 Å². The van der Waals surface area contributed by atoms with E-state index in [0.717, 1.165) is 25.0 Å². The minimum absolute atomic E-state index is 0.0989. The third-order valence-corrected chi connectivity index (χ3v) is 3.71. The molecule has 1 aromatic rings. The summed E-state index contributed by atoms with van der Waals surface area (Å²) in [5.41, 5.74) is 3.57. The number of nitrogens with zero attached hydrogens (tertiary/aromatic N) is 1. The van der Waals surface area contributed by atoms with Gasteiger partial charge in [0.05, 0.1) is 16.9 Å². The molecule has 0 atom stereocenters. The second-order valence-corrected chi connectivity index (χ2v) is 5.45. The van der Waals surface area contributed by atoms with E-state index in [9.17, 15) is 18.7 Å². The van der Waals surface area contributed by atoms with Crippen molar-refractivity contribution in [3.8, 4) is 0 Å². The number of hydrogen-bond acceptors (Lipinski definition) is 3. The Morgan fingerprint density at radius 2 is 2.00 bits per heavy atom. The van der Waals surface area contributed by atoms with Crippen molar-refractivity contribution in [2.24, 2.45) is 0 Å². The predicted octanol–water partition coefficient (Wildman–Crippen LogP) is 1.92. The lowest BCUT2D eigenvalue weighted by Gasteiger charge is -2.28. The topological polar surface area (TPSA) is 66.6 Å². The van der Waals surface area contributed by atoms with Gasteiger partial charge in [-0.1, -0.05) is 12.8 Å². The van der Waals surface area contributed by atoms with Crippen LogP contribution in [0.2, 0.25) is 0 Å². The Hall–Kier alpha value is -1.69. The Morgan fingerprint density at radius 3 is 2.60 bits per heavy atom. The summed E-state index contributed by atoms with van der Waals surface area (Å²) in [6, 6.07) is 1.65. The molecule has 2 rings (SSSR count). The first-order valence-electron chi connectivity index (χ1n) is 6.55. The van der Waals surface area contributed by atoms with Crippen molar-refractivity contribution in [1.82, 2.24) is 4.90 Å². The van der Waals surface area contributed by atoms with E-state index in [1.807, 2.05) is 0 Å². The molecule has 0 aromatic heterocycles. The highest BCUT2D eigenvalue weighted by atomic mass is 19.1. The van der Waals surface area contributed by atoms with Crippen molar-refractivity contribution in [3.05, 3.63) is 29.3 Å². The number of nitrogens with two attached hydrogens (primary N) is 1. The van der Waals surface area contributed by atoms with Gasteiger partial charge in [-0.15, -0.1) is 0 Å². The van der Waals surface area contributed by atoms with E-state index in [1.54, 1.807) is 0 Å². The van der Waals surface area contributed by atoms with Crippen molar-refractivity contribution in [2.45, 2.75) is 31.3 Å². The Kier molecular flexibility index (Phi) is 3.94. The van der Waals surface area contributed by atoms with Gasteiger partial charge in [0, 0.05) is 13.6 Å². The fraction of sp³-hybridized carbons (Fsp3) is 0.500. The van der Waals surface area contributed by atoms with Crippen LogP contribution >= 0.6 is 0 Å². The van der Waals surface area contributed by atoms with Crippen molar-refractivity contribution < 1.29 is 18.7 Å². The quantitative estimate of drug-likeness (QED) is 0.833. The number of anilines is 1. The van der Waals surface area contributed by atoms with E-state index in [-0.39, 0.29) is 6.54 Å². The summed E-state index contributed by atoms with van der Waals surface area (Å²) < 4.78 is 27.0. The summed E-state index contributed by atoms with van der Waals surface area (Å²) in [6.45, 7) is 0.0989. The molecule has 1 amide bonds. The number of likely N-dealkylation sites (N-methyl/N-ethyl adjacent to an activating group) is 1. The number of rotatable bonds is 3. The summed E-state index contributed by atoms with van der Waals surface area (Å²) in [4.78, 5) is 13.4. The molecule has 1 aromatic carbocycles. The number of carbonyl (C=O) groups excluding carboxylic acids is 1. The lowest BCUT2D eigenvalue weighted by molar-refractivity contribution is 0.0155. The van der Waals surface area contributed by atoms with E-state index >= 15 is 0 Å². The monoisotopic (exact) mass is 284 g/mol. The Bertz CT molecular complexity index is 528. The van der Waals surface area contributed by atoms with Crippen LogP contribution in [0.1, 0.15) is 36.0 Å². The molecule has 0 aliphatic heterocycles. The molecule has 1 aliphatic carbocycles. The van der Waals surface area contributed by atoms with Crippen LogP contribution in [0.5, 0.6) is 0 Å². The van der Waals surface area contributed by atoms with Gasteiger partial charge in [-0.25, -0.2) is 8.78 Å². The molecule has 3 N–H and O–H groups in total. The fourth-order valence-electron chi connectivity index (χ4n) is 2.68. The molecule has 4 nitrogen and oxygen atoms in total. The van der Waals surface area contributed by atoms with Gasteiger partial charge in [-0.05, 0) is 25.0 Å². The van der Waals surface area contributed by atoms with Crippen LogP contribution in [0.4, 0.5) is 14.5 Å². The van der Waals surface area contributed by atoms with Crippen molar-refractivity contribution in [1.29, 1.82) is 0 Å². The number of nitrogen functional groups attached to an aromatic ring is 1. The maximum atomic E-state index is 13.8. The minimum atomic E-state index is -0.931. The van der Waals surface area contributed by atoms with E-state index in [4.69, 9.17) is 5.73 Å².